The lowest BCUT2D eigenvalue weighted by atomic mass is 10.2. The molecule has 0 aromatic rings. The Kier molecular flexibility index (Phi) is 5.35. The lowest BCUT2D eigenvalue weighted by Gasteiger charge is -2.19. The largest absolute Gasteiger partial charge is 0.370 e. The summed E-state index contributed by atoms with van der Waals surface area (Å²) < 4.78 is 28.0. The molecule has 0 aromatic heterocycles. The molecule has 0 bridgehead atoms. The molecule has 2 atom stereocenters. The van der Waals surface area contributed by atoms with Gasteiger partial charge in [0.2, 0.25) is 5.91 Å². The smallest absolute Gasteiger partial charge is 0.243 e. The lowest BCUT2D eigenvalue weighted by molar-refractivity contribution is -0.122. The van der Waals surface area contributed by atoms with E-state index in [9.17, 15) is 13.2 Å². The lowest BCUT2D eigenvalue weighted by Crippen LogP contribution is -2.41. The Hall–Kier alpha value is -0.660. The van der Waals surface area contributed by atoms with Crippen LogP contribution in [0.15, 0.2) is 0 Å². The van der Waals surface area contributed by atoms with E-state index in [-0.39, 0.29) is 17.9 Å². The molecular formula is C10H20N2O4S. The van der Waals surface area contributed by atoms with Crippen molar-refractivity contribution in [3.8, 4) is 0 Å². The van der Waals surface area contributed by atoms with Crippen molar-refractivity contribution < 1.29 is 17.9 Å². The van der Waals surface area contributed by atoms with Gasteiger partial charge in [0.05, 0.1) is 11.9 Å². The molecule has 17 heavy (non-hydrogen) atoms. The molecule has 100 valence electrons. The molecule has 0 radical (unpaired) electrons. The maximum atomic E-state index is 11.5. The van der Waals surface area contributed by atoms with Gasteiger partial charge in [-0.3, -0.25) is 4.79 Å². The zero-order chi connectivity index (χ0) is 12.9. The molecule has 0 aliphatic heterocycles. The molecule has 3 N–H and O–H groups in total. The Bertz CT molecular complexity index is 355. The Morgan fingerprint density at radius 2 is 2.18 bits per heavy atom. The Morgan fingerprint density at radius 1 is 1.47 bits per heavy atom. The van der Waals surface area contributed by atoms with Crippen molar-refractivity contribution in [3.63, 3.8) is 0 Å². The highest BCUT2D eigenvalue weighted by atomic mass is 32.2. The van der Waals surface area contributed by atoms with Gasteiger partial charge in [0.1, 0.15) is 6.61 Å². The number of rotatable bonds is 7. The third-order valence-corrected chi connectivity index (χ3v) is 4.56. The van der Waals surface area contributed by atoms with Crippen LogP contribution in [0.3, 0.4) is 0 Å². The summed E-state index contributed by atoms with van der Waals surface area (Å²) in [5, 5.41) is 2.86. The van der Waals surface area contributed by atoms with Crippen LogP contribution in [0.4, 0.5) is 0 Å². The number of hydrogen-bond donors (Lipinski definition) is 2. The van der Waals surface area contributed by atoms with Crippen LogP contribution in [0.25, 0.3) is 0 Å². The minimum atomic E-state index is -2.99. The van der Waals surface area contributed by atoms with E-state index in [1.165, 1.54) is 6.26 Å². The summed E-state index contributed by atoms with van der Waals surface area (Å²) in [6.07, 6.45) is 3.80. The third-order valence-electron chi connectivity index (χ3n) is 2.90. The topological polar surface area (TPSA) is 98.5 Å². The van der Waals surface area contributed by atoms with Gasteiger partial charge in [0.15, 0.2) is 9.84 Å². The molecule has 0 spiro atoms. The number of hydrogen-bond acceptors (Lipinski definition) is 5. The molecule has 1 aliphatic carbocycles. The van der Waals surface area contributed by atoms with Gasteiger partial charge in [-0.2, -0.15) is 0 Å². The van der Waals surface area contributed by atoms with E-state index in [4.69, 9.17) is 10.5 Å². The fraction of sp³-hybridized carbons (Fsp3) is 0.900. The summed E-state index contributed by atoms with van der Waals surface area (Å²) in [4.78, 5) is 10.4. The molecule has 0 saturated heterocycles. The van der Waals surface area contributed by atoms with Crippen LogP contribution in [0.5, 0.6) is 0 Å². The van der Waals surface area contributed by atoms with Gasteiger partial charge in [-0.05, 0) is 12.8 Å². The predicted molar refractivity (Wildman–Crippen MR) is 64.3 cm³/mol. The first-order valence-electron chi connectivity index (χ1n) is 5.69. The van der Waals surface area contributed by atoms with E-state index in [1.54, 1.807) is 0 Å². The van der Waals surface area contributed by atoms with Crippen LogP contribution in [0.2, 0.25) is 0 Å². The minimum Gasteiger partial charge on any atom is -0.370 e. The summed E-state index contributed by atoms with van der Waals surface area (Å²) >= 11 is 0. The number of carbonyl (C=O) groups is 1. The van der Waals surface area contributed by atoms with Crippen LogP contribution < -0.4 is 11.1 Å². The van der Waals surface area contributed by atoms with Crippen molar-refractivity contribution in [1.82, 2.24) is 5.32 Å². The zero-order valence-electron chi connectivity index (χ0n) is 10.0. The molecule has 0 aromatic carbocycles. The quantitative estimate of drug-likeness (QED) is 0.577. The minimum absolute atomic E-state index is 0.00202. The predicted octanol–water partition coefficient (Wildman–Crippen LogP) is -0.956. The van der Waals surface area contributed by atoms with Crippen LogP contribution >= 0.6 is 0 Å². The van der Waals surface area contributed by atoms with Crippen molar-refractivity contribution in [2.75, 3.05) is 26.0 Å². The van der Waals surface area contributed by atoms with Gasteiger partial charge in [-0.25, -0.2) is 8.42 Å². The Labute approximate surface area is 102 Å². The van der Waals surface area contributed by atoms with Crippen molar-refractivity contribution in [2.24, 2.45) is 5.73 Å². The summed E-state index contributed by atoms with van der Waals surface area (Å²) in [5.74, 6) is -0.500. The monoisotopic (exact) mass is 264 g/mol. The molecule has 1 rings (SSSR count). The van der Waals surface area contributed by atoms with E-state index in [0.717, 1.165) is 19.3 Å². The Balaban J connectivity index is 2.25. The molecular weight excluding hydrogens is 244 g/mol. The summed E-state index contributed by atoms with van der Waals surface area (Å²) in [6.45, 7) is 0.793. The van der Waals surface area contributed by atoms with Crippen molar-refractivity contribution in [3.05, 3.63) is 0 Å². The van der Waals surface area contributed by atoms with Gasteiger partial charge in [-0.15, -0.1) is 0 Å². The number of nitrogens with two attached hydrogens (primary N) is 1. The maximum Gasteiger partial charge on any atom is 0.243 e. The molecule has 7 heteroatoms. The SMILES string of the molecule is CS(=O)(=O)C1CCCC1NCCOCC(N)=O. The number of ether oxygens (including phenoxy) is 1. The van der Waals surface area contributed by atoms with Crippen LogP contribution in [-0.2, 0) is 19.4 Å². The van der Waals surface area contributed by atoms with Gasteiger partial charge < -0.3 is 15.8 Å². The standard InChI is InChI=1S/C10H20N2O4S/c1-17(14,15)9-4-2-3-8(9)12-5-6-16-7-10(11)13/h8-9,12H,2-7H2,1H3,(H2,11,13). The molecule has 1 fully saturated rings. The van der Waals surface area contributed by atoms with E-state index < -0.39 is 15.7 Å². The molecule has 1 amide bonds. The van der Waals surface area contributed by atoms with Gasteiger partial charge >= 0.3 is 0 Å². The van der Waals surface area contributed by atoms with Crippen LogP contribution in [0.1, 0.15) is 19.3 Å². The fourth-order valence-electron chi connectivity index (χ4n) is 2.16. The van der Waals surface area contributed by atoms with Crippen molar-refractivity contribution in [2.45, 2.75) is 30.6 Å². The fourth-order valence-corrected chi connectivity index (χ4v) is 3.59. The summed E-state index contributed by atoms with van der Waals surface area (Å²) in [5.41, 5.74) is 4.91. The highest BCUT2D eigenvalue weighted by molar-refractivity contribution is 7.91. The maximum absolute atomic E-state index is 11.5. The second-order valence-corrected chi connectivity index (χ2v) is 6.64. The van der Waals surface area contributed by atoms with E-state index in [1.807, 2.05) is 0 Å². The number of sulfone groups is 1. The first-order valence-corrected chi connectivity index (χ1v) is 7.65. The zero-order valence-corrected chi connectivity index (χ0v) is 10.8. The first-order chi connectivity index (χ1) is 7.91. The van der Waals surface area contributed by atoms with E-state index in [2.05, 4.69) is 5.32 Å². The molecule has 6 nitrogen and oxygen atoms in total. The third kappa shape index (κ3) is 5.01. The van der Waals surface area contributed by atoms with Gasteiger partial charge in [-0.1, -0.05) is 6.42 Å². The number of nitrogens with one attached hydrogen (secondary N) is 1. The molecule has 1 aliphatic rings. The second kappa shape index (κ2) is 6.32. The van der Waals surface area contributed by atoms with Crippen molar-refractivity contribution in [1.29, 1.82) is 0 Å². The number of carbonyl (C=O) groups excluding carboxylic acids is 1. The first kappa shape index (κ1) is 14.4. The van der Waals surface area contributed by atoms with Crippen molar-refractivity contribution >= 4 is 15.7 Å². The van der Waals surface area contributed by atoms with Gasteiger partial charge in [0.25, 0.3) is 0 Å². The van der Waals surface area contributed by atoms with Crippen LogP contribution in [0, 0.1) is 0 Å². The van der Waals surface area contributed by atoms with Gasteiger partial charge in [0, 0.05) is 18.8 Å². The number of primary amides is 1. The highest BCUT2D eigenvalue weighted by Crippen LogP contribution is 2.24. The average molecular weight is 264 g/mol. The number of amides is 1. The Morgan fingerprint density at radius 3 is 2.76 bits per heavy atom. The average Bonchev–Trinajstić information content (AvgIpc) is 2.64. The summed E-state index contributed by atoms with van der Waals surface area (Å²) in [7, 11) is -2.99. The summed E-state index contributed by atoms with van der Waals surface area (Å²) in [6, 6.07) is 0.00202. The van der Waals surface area contributed by atoms with Crippen LogP contribution in [-0.4, -0.2) is 51.6 Å². The molecule has 1 saturated carbocycles. The van der Waals surface area contributed by atoms with E-state index >= 15 is 0 Å². The molecule has 2 unspecified atom stereocenters. The van der Waals surface area contributed by atoms with E-state index in [0.29, 0.717) is 13.2 Å². The highest BCUT2D eigenvalue weighted by Gasteiger charge is 2.34. The normalized spacial score (nSPS) is 25.0. The molecule has 0 heterocycles. The second-order valence-electron chi connectivity index (χ2n) is 4.38.